The van der Waals surface area contributed by atoms with Crippen LogP contribution in [0.15, 0.2) is 0 Å². The van der Waals surface area contributed by atoms with Crippen molar-refractivity contribution in [2.75, 3.05) is 26.7 Å². The Morgan fingerprint density at radius 3 is 2.83 bits per heavy atom. The molecule has 102 valence electrons. The normalized spacial score (nSPS) is 19.3. The van der Waals surface area contributed by atoms with Crippen LogP contribution in [0.3, 0.4) is 0 Å². The minimum atomic E-state index is -0.874. The van der Waals surface area contributed by atoms with E-state index in [2.05, 4.69) is 5.32 Å². The lowest BCUT2D eigenvalue weighted by Gasteiger charge is -2.35. The van der Waals surface area contributed by atoms with Crippen molar-refractivity contribution in [1.29, 1.82) is 0 Å². The zero-order valence-electron chi connectivity index (χ0n) is 10.7. The largest absolute Gasteiger partial charge is 0.481 e. The van der Waals surface area contributed by atoms with E-state index >= 15 is 0 Å². The number of rotatable bonds is 4. The van der Waals surface area contributed by atoms with Crippen LogP contribution < -0.4 is 5.32 Å². The van der Waals surface area contributed by atoms with Crippen LogP contribution in [0.2, 0.25) is 0 Å². The van der Waals surface area contributed by atoms with Gasteiger partial charge in [-0.15, -0.1) is 0 Å². The summed E-state index contributed by atoms with van der Waals surface area (Å²) in [6.07, 6.45) is 0.444. The molecule has 0 saturated carbocycles. The van der Waals surface area contributed by atoms with E-state index in [1.165, 1.54) is 9.80 Å². The lowest BCUT2D eigenvalue weighted by molar-refractivity contribution is -0.137. The Bertz CT molecular complexity index is 345. The van der Waals surface area contributed by atoms with Crippen LogP contribution in [0.5, 0.6) is 0 Å². The Labute approximate surface area is 106 Å². The maximum atomic E-state index is 12.1. The Morgan fingerprint density at radius 2 is 2.22 bits per heavy atom. The monoisotopic (exact) mass is 257 g/mol. The molecule has 0 spiro atoms. The number of nitrogens with one attached hydrogen (secondary N) is 1. The minimum absolute atomic E-state index is 0.0354. The standard InChI is InChI=1S/C11H19N3O4/c1-8-10(17)12-5-7-14(8)11(18)13(2)6-3-4-9(15)16/h8H,3-7H2,1-2H3,(H,12,17)(H,15,16). The molecule has 18 heavy (non-hydrogen) atoms. The molecule has 2 N–H and O–H groups in total. The van der Waals surface area contributed by atoms with Crippen molar-refractivity contribution in [2.45, 2.75) is 25.8 Å². The quantitative estimate of drug-likeness (QED) is 0.725. The number of piperazine rings is 1. The van der Waals surface area contributed by atoms with Crippen LogP contribution in [0, 0.1) is 0 Å². The van der Waals surface area contributed by atoms with E-state index in [9.17, 15) is 14.4 Å². The Hall–Kier alpha value is -1.79. The molecule has 3 amide bonds. The molecule has 7 heteroatoms. The molecule has 0 aromatic heterocycles. The maximum absolute atomic E-state index is 12.1. The summed E-state index contributed by atoms with van der Waals surface area (Å²) in [5.41, 5.74) is 0. The molecule has 7 nitrogen and oxygen atoms in total. The number of carbonyl (C=O) groups excluding carboxylic acids is 2. The summed E-state index contributed by atoms with van der Waals surface area (Å²) in [5.74, 6) is -1.03. The summed E-state index contributed by atoms with van der Waals surface area (Å²) in [5, 5.41) is 11.2. The summed E-state index contributed by atoms with van der Waals surface area (Å²) in [7, 11) is 1.61. The molecule has 1 aliphatic heterocycles. The van der Waals surface area contributed by atoms with E-state index < -0.39 is 12.0 Å². The molecule has 1 unspecified atom stereocenters. The van der Waals surface area contributed by atoms with Gasteiger partial charge in [0.1, 0.15) is 6.04 Å². The van der Waals surface area contributed by atoms with Crippen molar-refractivity contribution >= 4 is 17.9 Å². The molecule has 1 saturated heterocycles. The summed E-state index contributed by atoms with van der Waals surface area (Å²) < 4.78 is 0. The Morgan fingerprint density at radius 1 is 1.56 bits per heavy atom. The molecule has 1 fully saturated rings. The fourth-order valence-electron chi connectivity index (χ4n) is 1.83. The molecule has 0 aliphatic carbocycles. The van der Waals surface area contributed by atoms with Crippen molar-refractivity contribution in [3.8, 4) is 0 Å². The van der Waals surface area contributed by atoms with Gasteiger partial charge in [-0.05, 0) is 13.3 Å². The average molecular weight is 257 g/mol. The summed E-state index contributed by atoms with van der Waals surface area (Å²) >= 11 is 0. The first-order valence-corrected chi connectivity index (χ1v) is 5.94. The van der Waals surface area contributed by atoms with Crippen LogP contribution in [0.4, 0.5) is 4.79 Å². The van der Waals surface area contributed by atoms with Gasteiger partial charge in [0.2, 0.25) is 5.91 Å². The van der Waals surface area contributed by atoms with Crippen LogP contribution in [0.1, 0.15) is 19.8 Å². The van der Waals surface area contributed by atoms with Gasteiger partial charge in [0.05, 0.1) is 0 Å². The van der Waals surface area contributed by atoms with Gasteiger partial charge in [0.15, 0.2) is 0 Å². The lowest BCUT2D eigenvalue weighted by atomic mass is 10.2. The number of hydrogen-bond donors (Lipinski definition) is 2. The Kier molecular flexibility index (Phi) is 4.94. The number of nitrogens with zero attached hydrogens (tertiary/aromatic N) is 2. The highest BCUT2D eigenvalue weighted by Crippen LogP contribution is 2.08. The van der Waals surface area contributed by atoms with E-state index in [0.29, 0.717) is 26.1 Å². The predicted molar refractivity (Wildman–Crippen MR) is 64.1 cm³/mol. The molecular formula is C11H19N3O4. The first kappa shape index (κ1) is 14.3. The third kappa shape index (κ3) is 3.61. The number of carbonyl (C=O) groups is 3. The van der Waals surface area contributed by atoms with E-state index in [-0.39, 0.29) is 18.4 Å². The van der Waals surface area contributed by atoms with Gasteiger partial charge in [-0.2, -0.15) is 0 Å². The van der Waals surface area contributed by atoms with Gasteiger partial charge in [-0.3, -0.25) is 9.59 Å². The second-order valence-corrected chi connectivity index (χ2v) is 4.36. The number of carboxylic acid groups (broad SMARTS) is 1. The fraction of sp³-hybridized carbons (Fsp3) is 0.727. The molecule has 0 radical (unpaired) electrons. The maximum Gasteiger partial charge on any atom is 0.320 e. The number of urea groups is 1. The second kappa shape index (κ2) is 6.23. The predicted octanol–water partition coefficient (Wildman–Crippen LogP) is -0.277. The highest BCUT2D eigenvalue weighted by molar-refractivity contribution is 5.87. The van der Waals surface area contributed by atoms with E-state index in [1.54, 1.807) is 14.0 Å². The SMILES string of the molecule is CC1C(=O)NCCN1C(=O)N(C)CCCC(=O)O. The third-order valence-corrected chi connectivity index (χ3v) is 2.96. The van der Waals surface area contributed by atoms with E-state index in [0.717, 1.165) is 0 Å². The number of aliphatic carboxylic acids is 1. The highest BCUT2D eigenvalue weighted by Gasteiger charge is 2.30. The molecule has 0 bridgehead atoms. The third-order valence-electron chi connectivity index (χ3n) is 2.96. The molecule has 1 heterocycles. The molecule has 0 aromatic rings. The fourth-order valence-corrected chi connectivity index (χ4v) is 1.83. The zero-order valence-corrected chi connectivity index (χ0v) is 10.7. The van der Waals surface area contributed by atoms with Gasteiger partial charge in [0, 0.05) is 33.1 Å². The first-order valence-electron chi connectivity index (χ1n) is 5.94. The molecular weight excluding hydrogens is 238 g/mol. The number of amides is 3. The van der Waals surface area contributed by atoms with Crippen LogP contribution in [-0.4, -0.2) is 65.5 Å². The van der Waals surface area contributed by atoms with Crippen molar-refractivity contribution in [3.05, 3.63) is 0 Å². The van der Waals surface area contributed by atoms with Crippen LogP contribution >= 0.6 is 0 Å². The van der Waals surface area contributed by atoms with E-state index in [1.807, 2.05) is 0 Å². The Balaban J connectivity index is 2.47. The minimum Gasteiger partial charge on any atom is -0.481 e. The van der Waals surface area contributed by atoms with Gasteiger partial charge in [-0.1, -0.05) is 0 Å². The number of hydrogen-bond acceptors (Lipinski definition) is 3. The van der Waals surface area contributed by atoms with Gasteiger partial charge < -0.3 is 20.2 Å². The highest BCUT2D eigenvalue weighted by atomic mass is 16.4. The van der Waals surface area contributed by atoms with Gasteiger partial charge >= 0.3 is 12.0 Å². The first-order chi connectivity index (χ1) is 8.43. The van der Waals surface area contributed by atoms with Gasteiger partial charge in [-0.25, -0.2) is 4.79 Å². The second-order valence-electron chi connectivity index (χ2n) is 4.36. The lowest BCUT2D eigenvalue weighted by Crippen LogP contribution is -2.58. The summed E-state index contributed by atoms with van der Waals surface area (Å²) in [6.45, 7) is 2.99. The topological polar surface area (TPSA) is 90.0 Å². The molecule has 1 atom stereocenters. The molecule has 1 rings (SSSR count). The average Bonchev–Trinajstić information content (AvgIpc) is 2.31. The van der Waals surface area contributed by atoms with Gasteiger partial charge in [0.25, 0.3) is 0 Å². The van der Waals surface area contributed by atoms with Crippen molar-refractivity contribution in [1.82, 2.24) is 15.1 Å². The molecule has 1 aliphatic rings. The van der Waals surface area contributed by atoms with Crippen molar-refractivity contribution in [3.63, 3.8) is 0 Å². The summed E-state index contributed by atoms with van der Waals surface area (Å²) in [4.78, 5) is 36.8. The number of carboxylic acids is 1. The smallest absolute Gasteiger partial charge is 0.320 e. The van der Waals surface area contributed by atoms with E-state index in [4.69, 9.17) is 5.11 Å². The van der Waals surface area contributed by atoms with Crippen LogP contribution in [-0.2, 0) is 9.59 Å². The van der Waals surface area contributed by atoms with Crippen molar-refractivity contribution < 1.29 is 19.5 Å². The van der Waals surface area contributed by atoms with Crippen molar-refractivity contribution in [2.24, 2.45) is 0 Å². The van der Waals surface area contributed by atoms with Crippen LogP contribution in [0.25, 0.3) is 0 Å². The summed E-state index contributed by atoms with van der Waals surface area (Å²) in [6, 6.07) is -0.712. The zero-order chi connectivity index (χ0) is 13.7. The molecule has 0 aromatic carbocycles.